The summed E-state index contributed by atoms with van der Waals surface area (Å²) >= 11 is 5.96. The molecule has 3 N–H and O–H groups in total. The van der Waals surface area contributed by atoms with Gasteiger partial charge in [-0.25, -0.2) is 0 Å². The molecule has 0 aliphatic rings. The van der Waals surface area contributed by atoms with E-state index in [4.69, 9.17) is 17.3 Å². The summed E-state index contributed by atoms with van der Waals surface area (Å²) in [5.41, 5.74) is 7.57. The Kier molecular flexibility index (Phi) is 4.43. The summed E-state index contributed by atoms with van der Waals surface area (Å²) in [4.78, 5) is 0. The molecule has 0 saturated heterocycles. The number of hydrogen-bond donors (Lipinski definition) is 2. The van der Waals surface area contributed by atoms with Crippen LogP contribution in [0.5, 0.6) is 5.75 Å². The molecule has 0 bridgehead atoms. The van der Waals surface area contributed by atoms with E-state index in [-0.39, 0.29) is 11.7 Å². The molecule has 0 radical (unpaired) electrons. The fraction of sp³-hybridized carbons (Fsp3) is 0.500. The number of benzene rings is 1. The summed E-state index contributed by atoms with van der Waals surface area (Å²) in [7, 11) is 0. The molecule has 0 heterocycles. The molecule has 0 amide bonds. The topological polar surface area (TPSA) is 46.2 Å². The average Bonchev–Trinajstić information content (AvgIpc) is 2.22. The molecule has 0 aliphatic carbocycles. The van der Waals surface area contributed by atoms with Gasteiger partial charge in [0.2, 0.25) is 0 Å². The van der Waals surface area contributed by atoms with Crippen LogP contribution in [0, 0.1) is 0 Å². The Morgan fingerprint density at radius 1 is 1.47 bits per heavy atom. The largest absolute Gasteiger partial charge is 0.506 e. The van der Waals surface area contributed by atoms with Crippen LogP contribution < -0.4 is 5.73 Å². The van der Waals surface area contributed by atoms with E-state index >= 15 is 0 Å². The van der Waals surface area contributed by atoms with Crippen LogP contribution in [0.1, 0.15) is 37.3 Å². The predicted octanol–water partition coefficient (Wildman–Crippen LogP) is 3.06. The minimum atomic E-state index is 0.204. The highest BCUT2D eigenvalue weighted by atomic mass is 35.5. The smallest absolute Gasteiger partial charge is 0.137 e. The van der Waals surface area contributed by atoms with Crippen molar-refractivity contribution in [2.45, 2.75) is 32.6 Å². The Morgan fingerprint density at radius 3 is 2.67 bits per heavy atom. The second kappa shape index (κ2) is 5.38. The van der Waals surface area contributed by atoms with Crippen LogP contribution >= 0.6 is 11.6 Å². The Labute approximate surface area is 96.1 Å². The first-order valence-corrected chi connectivity index (χ1v) is 5.69. The Bertz CT molecular complexity index is 339. The molecule has 1 aromatic rings. The van der Waals surface area contributed by atoms with Crippen LogP contribution in [0.2, 0.25) is 5.02 Å². The summed E-state index contributed by atoms with van der Waals surface area (Å²) in [5, 5.41) is 10.3. The monoisotopic (exact) mass is 227 g/mol. The normalized spacial score (nSPS) is 12.8. The Balaban J connectivity index is 3.09. The van der Waals surface area contributed by atoms with E-state index in [1.165, 1.54) is 0 Å². The summed E-state index contributed by atoms with van der Waals surface area (Å²) in [5.74, 6) is 0.453. The summed E-state index contributed by atoms with van der Waals surface area (Å²) in [6.45, 7) is 4.74. The van der Waals surface area contributed by atoms with Gasteiger partial charge in [0.15, 0.2) is 0 Å². The molecule has 1 rings (SSSR count). The van der Waals surface area contributed by atoms with E-state index in [1.54, 1.807) is 0 Å². The average molecular weight is 228 g/mol. The maximum atomic E-state index is 9.84. The zero-order chi connectivity index (χ0) is 11.4. The molecule has 0 spiro atoms. The second-order valence-corrected chi connectivity index (χ2v) is 4.25. The van der Waals surface area contributed by atoms with Crippen molar-refractivity contribution >= 4 is 11.6 Å². The lowest BCUT2D eigenvalue weighted by molar-refractivity contribution is 0.461. The summed E-state index contributed by atoms with van der Waals surface area (Å²) in [6, 6.07) is 3.83. The van der Waals surface area contributed by atoms with Crippen molar-refractivity contribution in [3.05, 3.63) is 28.3 Å². The number of aromatic hydroxyl groups is 1. The third-order valence-corrected chi connectivity index (χ3v) is 2.98. The van der Waals surface area contributed by atoms with Gasteiger partial charge in [0.05, 0.1) is 5.02 Å². The number of nitrogens with two attached hydrogens (primary N) is 1. The fourth-order valence-corrected chi connectivity index (χ4v) is 1.91. The van der Waals surface area contributed by atoms with E-state index in [9.17, 15) is 5.11 Å². The van der Waals surface area contributed by atoms with Gasteiger partial charge in [-0.1, -0.05) is 31.5 Å². The van der Waals surface area contributed by atoms with Gasteiger partial charge in [-0.2, -0.15) is 0 Å². The number of phenols is 1. The maximum Gasteiger partial charge on any atom is 0.137 e. The highest BCUT2D eigenvalue weighted by molar-refractivity contribution is 6.32. The molecule has 3 heteroatoms. The van der Waals surface area contributed by atoms with Crippen molar-refractivity contribution < 1.29 is 5.11 Å². The van der Waals surface area contributed by atoms with E-state index in [0.29, 0.717) is 11.6 Å². The van der Waals surface area contributed by atoms with Gasteiger partial charge < -0.3 is 10.8 Å². The van der Waals surface area contributed by atoms with Crippen LogP contribution in [0.3, 0.4) is 0 Å². The first-order chi connectivity index (χ1) is 7.10. The second-order valence-electron chi connectivity index (χ2n) is 3.85. The van der Waals surface area contributed by atoms with Crippen molar-refractivity contribution in [3.63, 3.8) is 0 Å². The quantitative estimate of drug-likeness (QED) is 0.831. The van der Waals surface area contributed by atoms with Crippen LogP contribution in [0.25, 0.3) is 0 Å². The fourth-order valence-electron chi connectivity index (χ4n) is 1.66. The van der Waals surface area contributed by atoms with E-state index in [0.717, 1.165) is 24.0 Å². The SMILES string of the molecule is CCc1cc(Cl)c(O)c(C(C)CCN)c1. The molecular formula is C12H18ClNO. The molecule has 2 nitrogen and oxygen atoms in total. The number of halogens is 1. The molecule has 1 aromatic carbocycles. The molecule has 0 aliphatic heterocycles. The Morgan fingerprint density at radius 2 is 2.13 bits per heavy atom. The lowest BCUT2D eigenvalue weighted by atomic mass is 9.94. The minimum Gasteiger partial charge on any atom is -0.506 e. The number of rotatable bonds is 4. The molecule has 15 heavy (non-hydrogen) atoms. The zero-order valence-electron chi connectivity index (χ0n) is 9.26. The van der Waals surface area contributed by atoms with E-state index < -0.39 is 0 Å². The highest BCUT2D eigenvalue weighted by Crippen LogP contribution is 2.35. The molecule has 1 unspecified atom stereocenters. The van der Waals surface area contributed by atoms with Crippen molar-refractivity contribution in [3.8, 4) is 5.75 Å². The first-order valence-electron chi connectivity index (χ1n) is 5.31. The van der Waals surface area contributed by atoms with Crippen molar-refractivity contribution in [1.29, 1.82) is 0 Å². The third kappa shape index (κ3) is 2.86. The van der Waals surface area contributed by atoms with Crippen LogP contribution in [0.4, 0.5) is 0 Å². The number of phenolic OH excluding ortho intramolecular Hbond substituents is 1. The zero-order valence-corrected chi connectivity index (χ0v) is 10.0. The number of hydrogen-bond acceptors (Lipinski definition) is 2. The van der Waals surface area contributed by atoms with Crippen molar-refractivity contribution in [1.82, 2.24) is 0 Å². The summed E-state index contributed by atoms with van der Waals surface area (Å²) in [6.07, 6.45) is 1.78. The Hall–Kier alpha value is -0.730. The number of aryl methyl sites for hydroxylation is 1. The van der Waals surface area contributed by atoms with Crippen LogP contribution in [0.15, 0.2) is 12.1 Å². The predicted molar refractivity (Wildman–Crippen MR) is 64.6 cm³/mol. The standard InChI is InChI=1S/C12H18ClNO/c1-3-9-6-10(8(2)4-5-14)12(15)11(13)7-9/h6-8,15H,3-5,14H2,1-2H3. The van der Waals surface area contributed by atoms with Gasteiger partial charge >= 0.3 is 0 Å². The van der Waals surface area contributed by atoms with Crippen LogP contribution in [-0.4, -0.2) is 11.7 Å². The van der Waals surface area contributed by atoms with Crippen LogP contribution in [-0.2, 0) is 6.42 Å². The van der Waals surface area contributed by atoms with E-state index in [1.807, 2.05) is 12.1 Å². The van der Waals surface area contributed by atoms with Gasteiger partial charge in [0, 0.05) is 0 Å². The van der Waals surface area contributed by atoms with Gasteiger partial charge in [0.25, 0.3) is 0 Å². The molecular weight excluding hydrogens is 210 g/mol. The van der Waals surface area contributed by atoms with Gasteiger partial charge in [-0.05, 0) is 42.5 Å². The lowest BCUT2D eigenvalue weighted by Crippen LogP contribution is -2.05. The highest BCUT2D eigenvalue weighted by Gasteiger charge is 2.13. The first kappa shape index (κ1) is 12.3. The minimum absolute atomic E-state index is 0.204. The lowest BCUT2D eigenvalue weighted by Gasteiger charge is -2.15. The maximum absolute atomic E-state index is 9.84. The third-order valence-electron chi connectivity index (χ3n) is 2.69. The van der Waals surface area contributed by atoms with E-state index in [2.05, 4.69) is 13.8 Å². The van der Waals surface area contributed by atoms with Crippen molar-refractivity contribution in [2.75, 3.05) is 6.54 Å². The molecule has 1 atom stereocenters. The summed E-state index contributed by atoms with van der Waals surface area (Å²) < 4.78 is 0. The van der Waals surface area contributed by atoms with Gasteiger partial charge in [-0.3, -0.25) is 0 Å². The van der Waals surface area contributed by atoms with Crippen molar-refractivity contribution in [2.24, 2.45) is 5.73 Å². The molecule has 84 valence electrons. The van der Waals surface area contributed by atoms with Gasteiger partial charge in [-0.15, -0.1) is 0 Å². The van der Waals surface area contributed by atoms with Gasteiger partial charge in [0.1, 0.15) is 5.75 Å². The molecule has 0 aromatic heterocycles. The molecule has 0 saturated carbocycles. The molecule has 0 fully saturated rings.